The van der Waals surface area contributed by atoms with Gasteiger partial charge in [0, 0.05) is 258 Å². The third-order valence-electron chi connectivity index (χ3n) is 14.6. The largest absolute Gasteiger partial charge is 0.384 e. The first-order valence-electron chi connectivity index (χ1n) is 30.0. The molecule has 2 saturated heterocycles. The summed E-state index contributed by atoms with van der Waals surface area (Å²) in [4.78, 5) is 10.3. The molecule has 6 aliphatic rings. The summed E-state index contributed by atoms with van der Waals surface area (Å²) >= 11 is 0. The van der Waals surface area contributed by atoms with Crippen LogP contribution in [0, 0.1) is 0 Å². The lowest BCUT2D eigenvalue weighted by Gasteiger charge is -2.27. The molecule has 0 aliphatic carbocycles. The minimum atomic E-state index is 0.897. The molecule has 4 aromatic carbocycles. The summed E-state index contributed by atoms with van der Waals surface area (Å²) in [5, 5.41) is 51.1. The molecule has 18 nitrogen and oxygen atoms in total. The van der Waals surface area contributed by atoms with Crippen molar-refractivity contribution in [2.45, 2.75) is 26.2 Å². The zero-order chi connectivity index (χ0) is 53.6. The van der Waals surface area contributed by atoms with E-state index in [9.17, 15) is 0 Å². The van der Waals surface area contributed by atoms with E-state index in [1.165, 1.54) is 45.0 Å². The Balaban J connectivity index is 0.834. The molecule has 10 rings (SSSR count). The maximum atomic E-state index is 3.75. The number of rotatable bonds is 0. The normalized spacial score (nSPS) is 24.0. The van der Waals surface area contributed by atoms with Crippen molar-refractivity contribution in [3.63, 3.8) is 0 Å². The molecule has 14 N–H and O–H groups in total. The van der Waals surface area contributed by atoms with Crippen LogP contribution in [-0.4, -0.2) is 229 Å². The molecule has 12 bridgehead atoms. The molecule has 0 aromatic heterocycles. The van der Waals surface area contributed by atoms with Crippen molar-refractivity contribution in [3.05, 3.63) is 119 Å². The summed E-state index contributed by atoms with van der Waals surface area (Å²) in [7, 11) is 0. The predicted molar refractivity (Wildman–Crippen MR) is 330 cm³/mol. The fourth-order valence-electron chi connectivity index (χ4n) is 10.3. The van der Waals surface area contributed by atoms with Gasteiger partial charge in [0.2, 0.25) is 0 Å². The second-order valence-electron chi connectivity index (χ2n) is 21.1. The van der Waals surface area contributed by atoms with Gasteiger partial charge >= 0.3 is 0 Å². The average Bonchev–Trinajstić information content (AvgIpc) is 3.44. The van der Waals surface area contributed by atoms with Crippen LogP contribution in [0.15, 0.2) is 97.1 Å². The van der Waals surface area contributed by atoms with Crippen LogP contribution in [0.3, 0.4) is 0 Å². The monoisotopic (exact) mass is 1070 g/mol. The van der Waals surface area contributed by atoms with Crippen LogP contribution in [-0.2, 0) is 26.2 Å². The molecule has 2 fully saturated rings. The Labute approximate surface area is 469 Å². The van der Waals surface area contributed by atoms with Crippen molar-refractivity contribution >= 4 is 22.7 Å². The minimum absolute atomic E-state index is 0.897. The summed E-state index contributed by atoms with van der Waals surface area (Å²) in [5.74, 6) is 0. The highest BCUT2D eigenvalue weighted by molar-refractivity contribution is 5.48. The van der Waals surface area contributed by atoms with Crippen LogP contribution >= 0.6 is 0 Å². The molecule has 4 aromatic rings. The number of hydrogen-bond donors (Lipinski definition) is 14. The Kier molecular flexibility index (Phi) is 30.6. The van der Waals surface area contributed by atoms with E-state index in [2.05, 4.69) is 191 Å². The zero-order valence-electron chi connectivity index (χ0n) is 47.5. The second-order valence-corrected chi connectivity index (χ2v) is 21.1. The van der Waals surface area contributed by atoms with E-state index in [0.29, 0.717) is 0 Å². The van der Waals surface area contributed by atoms with E-state index in [4.69, 9.17) is 0 Å². The molecule has 6 aliphatic heterocycles. The van der Waals surface area contributed by atoms with Gasteiger partial charge in [-0.1, -0.05) is 48.5 Å². The quantitative estimate of drug-likeness (QED) is 0.122. The molecule has 18 heteroatoms. The maximum absolute atomic E-state index is 3.75. The first kappa shape index (κ1) is 61.1. The predicted octanol–water partition coefficient (Wildman–Crippen LogP) is 1.58. The van der Waals surface area contributed by atoms with Crippen LogP contribution in [0.4, 0.5) is 22.7 Å². The first-order valence-corrected chi connectivity index (χ1v) is 30.0. The SMILES string of the molecule is c1cc2cc(c1)NCCNCCNCCNCCNc1cccc(c1)CN1CCNCCN(CCNCC1)Cc1cccc(c1)NCCNCCNCCNCCNc1cccc(c1)CN1CCNCCN(CCNCC1)C2. The molecule has 6 heterocycles. The molecule has 0 atom stereocenters. The Hall–Kier alpha value is -4.48. The van der Waals surface area contributed by atoms with Gasteiger partial charge in [-0.3, -0.25) is 19.6 Å². The number of hydrogen-bond acceptors (Lipinski definition) is 18. The Morgan fingerprint density at radius 1 is 0.205 bits per heavy atom. The minimum Gasteiger partial charge on any atom is -0.384 e. The topological polar surface area (TPSA) is 181 Å². The number of benzene rings is 4. The lowest BCUT2D eigenvalue weighted by atomic mass is 10.1. The number of anilines is 4. The van der Waals surface area contributed by atoms with E-state index in [1.807, 2.05) is 0 Å². The molecule has 432 valence electrons. The number of nitrogens with one attached hydrogen (secondary N) is 14. The van der Waals surface area contributed by atoms with Crippen LogP contribution in [0.5, 0.6) is 0 Å². The van der Waals surface area contributed by atoms with Crippen molar-refractivity contribution in [2.75, 3.05) is 231 Å². The molecule has 0 unspecified atom stereocenters. The van der Waals surface area contributed by atoms with Crippen molar-refractivity contribution < 1.29 is 0 Å². The van der Waals surface area contributed by atoms with Gasteiger partial charge in [0.15, 0.2) is 0 Å². The molecule has 0 spiro atoms. The van der Waals surface area contributed by atoms with Gasteiger partial charge < -0.3 is 74.4 Å². The van der Waals surface area contributed by atoms with Gasteiger partial charge in [-0.15, -0.1) is 0 Å². The average molecular weight is 1080 g/mol. The van der Waals surface area contributed by atoms with Gasteiger partial charge in [0.1, 0.15) is 0 Å². The second kappa shape index (κ2) is 39.0. The lowest BCUT2D eigenvalue weighted by Crippen LogP contribution is -2.42. The molecular formula is C60H102N18. The van der Waals surface area contributed by atoms with Crippen LogP contribution < -0.4 is 74.4 Å². The van der Waals surface area contributed by atoms with E-state index in [0.717, 1.165) is 236 Å². The van der Waals surface area contributed by atoms with Gasteiger partial charge in [-0.2, -0.15) is 0 Å². The fraction of sp³-hybridized carbons (Fsp3) is 0.600. The van der Waals surface area contributed by atoms with Gasteiger partial charge in [0.05, 0.1) is 0 Å². The van der Waals surface area contributed by atoms with E-state index >= 15 is 0 Å². The molecular weight excluding hydrogens is 973 g/mol. The van der Waals surface area contributed by atoms with Crippen molar-refractivity contribution in [3.8, 4) is 0 Å². The van der Waals surface area contributed by atoms with Crippen LogP contribution in [0.25, 0.3) is 0 Å². The smallest absolute Gasteiger partial charge is 0.0343 e. The van der Waals surface area contributed by atoms with Crippen LogP contribution in [0.1, 0.15) is 22.3 Å². The summed E-state index contributed by atoms with van der Waals surface area (Å²) in [6.07, 6.45) is 0. The Morgan fingerprint density at radius 3 is 0.590 bits per heavy atom. The summed E-state index contributed by atoms with van der Waals surface area (Å²) in [5.41, 5.74) is 10.2. The van der Waals surface area contributed by atoms with E-state index in [-0.39, 0.29) is 0 Å². The highest BCUT2D eigenvalue weighted by Crippen LogP contribution is 2.16. The summed E-state index contributed by atoms with van der Waals surface area (Å²) in [6.45, 7) is 34.9. The van der Waals surface area contributed by atoms with Crippen molar-refractivity contribution in [1.82, 2.24) is 72.8 Å². The molecule has 0 amide bonds. The van der Waals surface area contributed by atoms with Gasteiger partial charge in [-0.05, 0) is 70.8 Å². The van der Waals surface area contributed by atoms with Gasteiger partial charge in [-0.25, -0.2) is 0 Å². The highest BCUT2D eigenvalue weighted by Gasteiger charge is 2.14. The molecule has 78 heavy (non-hydrogen) atoms. The van der Waals surface area contributed by atoms with Crippen molar-refractivity contribution in [1.29, 1.82) is 0 Å². The lowest BCUT2D eigenvalue weighted by molar-refractivity contribution is 0.233. The maximum Gasteiger partial charge on any atom is 0.0343 e. The summed E-state index contributed by atoms with van der Waals surface area (Å²) < 4.78 is 0. The number of nitrogens with zero attached hydrogens (tertiary/aromatic N) is 4. The van der Waals surface area contributed by atoms with E-state index < -0.39 is 0 Å². The standard InChI is InChI=1S/C60H102N18/c1-5-53-45-57(9-1)71-25-21-63-17-13-61-14-18-64-22-26-72-59-11-3-7-55(47-59)51-77-41-33-69-35-43-78(44-36-70-34-42-77)52-56-8-4-12-60(48-56)74-28-24-66-20-16-62-15-19-65-23-27-73-58-10-2-6-54(46-58)50-76-39-31-67-29-37-75(49-53)38-30-68-32-40-76/h1-12,45-48,61-74H,13-44,49-52H2. The summed E-state index contributed by atoms with van der Waals surface area (Å²) in [6, 6.07) is 35.9. The molecule has 0 saturated carbocycles. The highest BCUT2D eigenvalue weighted by atomic mass is 15.2. The molecule has 0 radical (unpaired) electrons. The van der Waals surface area contributed by atoms with E-state index in [1.54, 1.807) is 0 Å². The van der Waals surface area contributed by atoms with Crippen molar-refractivity contribution in [2.24, 2.45) is 0 Å². The fourth-order valence-corrected chi connectivity index (χ4v) is 10.3. The third kappa shape index (κ3) is 26.7. The third-order valence-corrected chi connectivity index (χ3v) is 14.6. The Bertz CT molecular complexity index is 1830. The van der Waals surface area contributed by atoms with Crippen LogP contribution in [0.2, 0.25) is 0 Å². The first-order chi connectivity index (χ1) is 38.7. The van der Waals surface area contributed by atoms with Gasteiger partial charge in [0.25, 0.3) is 0 Å². The Morgan fingerprint density at radius 2 is 0.385 bits per heavy atom. The zero-order valence-corrected chi connectivity index (χ0v) is 47.5.